The van der Waals surface area contributed by atoms with E-state index in [-0.39, 0.29) is 0 Å². The minimum absolute atomic E-state index is 0.334. The van der Waals surface area contributed by atoms with E-state index in [4.69, 9.17) is 4.74 Å². The Labute approximate surface area is 81.3 Å². The second-order valence-electron chi connectivity index (χ2n) is 4.82. The van der Waals surface area contributed by atoms with Crippen LogP contribution in [0.4, 0.5) is 0 Å². The Kier molecular flexibility index (Phi) is 2.61. The van der Waals surface area contributed by atoms with Crippen LogP contribution in [0, 0.1) is 5.92 Å². The maximum absolute atomic E-state index is 5.58. The average molecular weight is 183 g/mol. The van der Waals surface area contributed by atoms with E-state index >= 15 is 0 Å². The highest BCUT2D eigenvalue weighted by Gasteiger charge is 2.42. The van der Waals surface area contributed by atoms with Crippen molar-refractivity contribution in [3.8, 4) is 0 Å². The molecule has 2 nitrogen and oxygen atoms in total. The van der Waals surface area contributed by atoms with Crippen LogP contribution in [0.25, 0.3) is 0 Å². The van der Waals surface area contributed by atoms with Gasteiger partial charge < -0.3 is 4.74 Å². The predicted molar refractivity (Wildman–Crippen MR) is 53.8 cm³/mol. The van der Waals surface area contributed by atoms with Crippen LogP contribution >= 0.6 is 0 Å². The Hall–Kier alpha value is -0.0800. The van der Waals surface area contributed by atoms with Crippen molar-refractivity contribution in [2.75, 3.05) is 26.3 Å². The van der Waals surface area contributed by atoms with Crippen molar-refractivity contribution in [1.82, 2.24) is 4.90 Å². The van der Waals surface area contributed by atoms with E-state index in [2.05, 4.69) is 18.7 Å². The lowest BCUT2D eigenvalue weighted by Gasteiger charge is -2.42. The number of rotatable bonds is 1. The van der Waals surface area contributed by atoms with E-state index in [1.807, 2.05) is 0 Å². The first kappa shape index (κ1) is 9.47. The first-order chi connectivity index (χ1) is 6.23. The molecule has 2 fully saturated rings. The topological polar surface area (TPSA) is 12.5 Å². The molecular weight excluding hydrogens is 162 g/mol. The van der Waals surface area contributed by atoms with Crippen molar-refractivity contribution < 1.29 is 4.74 Å². The first-order valence-corrected chi connectivity index (χ1v) is 5.56. The van der Waals surface area contributed by atoms with Crippen molar-refractivity contribution in [2.24, 2.45) is 5.92 Å². The second-order valence-corrected chi connectivity index (χ2v) is 4.82. The molecule has 2 unspecified atom stereocenters. The lowest BCUT2D eigenvalue weighted by molar-refractivity contribution is 0.0485. The summed E-state index contributed by atoms with van der Waals surface area (Å²) in [4.78, 5) is 2.65. The molecule has 0 saturated carbocycles. The second kappa shape index (κ2) is 3.58. The SMILES string of the molecule is CC1COCC1(C)N1CCCCC1. The van der Waals surface area contributed by atoms with Gasteiger partial charge in [0.15, 0.2) is 0 Å². The average Bonchev–Trinajstić information content (AvgIpc) is 2.50. The molecule has 0 bridgehead atoms. The highest BCUT2D eigenvalue weighted by atomic mass is 16.5. The summed E-state index contributed by atoms with van der Waals surface area (Å²) in [5.41, 5.74) is 0.334. The largest absolute Gasteiger partial charge is 0.379 e. The predicted octanol–water partition coefficient (Wildman–Crippen LogP) is 1.90. The molecular formula is C11H21NO. The van der Waals surface area contributed by atoms with Crippen molar-refractivity contribution >= 4 is 0 Å². The molecule has 0 aromatic rings. The third-order valence-corrected chi connectivity index (χ3v) is 3.90. The Morgan fingerprint density at radius 1 is 1.23 bits per heavy atom. The zero-order valence-electron chi connectivity index (χ0n) is 8.88. The van der Waals surface area contributed by atoms with Gasteiger partial charge >= 0.3 is 0 Å². The van der Waals surface area contributed by atoms with Gasteiger partial charge in [0, 0.05) is 5.54 Å². The Bertz CT molecular complexity index is 177. The standard InChI is InChI=1S/C11H21NO/c1-10-8-13-9-11(10,2)12-6-4-3-5-7-12/h10H,3-9H2,1-2H3. The van der Waals surface area contributed by atoms with Gasteiger partial charge in [-0.2, -0.15) is 0 Å². The van der Waals surface area contributed by atoms with Crippen LogP contribution in [0.1, 0.15) is 33.1 Å². The van der Waals surface area contributed by atoms with Gasteiger partial charge in [-0.3, -0.25) is 4.90 Å². The number of hydrogen-bond acceptors (Lipinski definition) is 2. The molecule has 2 aliphatic rings. The highest BCUT2D eigenvalue weighted by molar-refractivity contribution is 4.95. The van der Waals surface area contributed by atoms with Gasteiger partial charge in [-0.05, 0) is 38.8 Å². The number of likely N-dealkylation sites (tertiary alicyclic amines) is 1. The number of piperidine rings is 1. The first-order valence-electron chi connectivity index (χ1n) is 5.56. The van der Waals surface area contributed by atoms with Crippen molar-refractivity contribution in [3.05, 3.63) is 0 Å². The molecule has 0 radical (unpaired) electrons. The molecule has 0 aliphatic carbocycles. The summed E-state index contributed by atoms with van der Waals surface area (Å²) in [5, 5.41) is 0. The molecule has 2 atom stereocenters. The fourth-order valence-corrected chi connectivity index (χ4v) is 2.57. The summed E-state index contributed by atoms with van der Waals surface area (Å²) >= 11 is 0. The maximum Gasteiger partial charge on any atom is 0.0651 e. The van der Waals surface area contributed by atoms with E-state index < -0.39 is 0 Å². The molecule has 0 spiro atoms. The number of ether oxygens (including phenoxy) is 1. The van der Waals surface area contributed by atoms with Crippen LogP contribution in [0.5, 0.6) is 0 Å². The summed E-state index contributed by atoms with van der Waals surface area (Å²) in [5.74, 6) is 0.700. The van der Waals surface area contributed by atoms with Gasteiger partial charge in [0.05, 0.1) is 13.2 Å². The smallest absolute Gasteiger partial charge is 0.0651 e. The van der Waals surface area contributed by atoms with Crippen LogP contribution in [-0.2, 0) is 4.74 Å². The van der Waals surface area contributed by atoms with Crippen molar-refractivity contribution in [1.29, 1.82) is 0 Å². The highest BCUT2D eigenvalue weighted by Crippen LogP contribution is 2.32. The van der Waals surface area contributed by atoms with Gasteiger partial charge in [-0.1, -0.05) is 13.3 Å². The summed E-state index contributed by atoms with van der Waals surface area (Å²) in [7, 11) is 0. The van der Waals surface area contributed by atoms with Crippen LogP contribution in [0.2, 0.25) is 0 Å². The summed E-state index contributed by atoms with van der Waals surface area (Å²) in [6.07, 6.45) is 4.17. The van der Waals surface area contributed by atoms with Gasteiger partial charge in [0.2, 0.25) is 0 Å². The molecule has 2 aliphatic heterocycles. The van der Waals surface area contributed by atoms with Gasteiger partial charge in [0.25, 0.3) is 0 Å². The number of nitrogens with zero attached hydrogens (tertiary/aromatic N) is 1. The lowest BCUT2D eigenvalue weighted by atomic mass is 9.87. The van der Waals surface area contributed by atoms with E-state index in [0.717, 1.165) is 13.2 Å². The van der Waals surface area contributed by atoms with Crippen LogP contribution in [-0.4, -0.2) is 36.7 Å². The lowest BCUT2D eigenvalue weighted by Crippen LogP contribution is -2.52. The van der Waals surface area contributed by atoms with Crippen molar-refractivity contribution in [3.63, 3.8) is 0 Å². The van der Waals surface area contributed by atoms with Crippen LogP contribution < -0.4 is 0 Å². The molecule has 0 amide bonds. The van der Waals surface area contributed by atoms with Crippen LogP contribution in [0.15, 0.2) is 0 Å². The normalized spacial score (nSPS) is 42.5. The fraction of sp³-hybridized carbons (Fsp3) is 1.00. The van der Waals surface area contributed by atoms with E-state index in [1.165, 1.54) is 32.4 Å². The molecule has 0 aromatic heterocycles. The molecule has 2 heterocycles. The quantitative estimate of drug-likeness (QED) is 0.615. The fourth-order valence-electron chi connectivity index (χ4n) is 2.57. The summed E-state index contributed by atoms with van der Waals surface area (Å²) in [6, 6.07) is 0. The molecule has 13 heavy (non-hydrogen) atoms. The Morgan fingerprint density at radius 2 is 1.92 bits per heavy atom. The summed E-state index contributed by atoms with van der Waals surface area (Å²) < 4.78 is 5.58. The monoisotopic (exact) mass is 183 g/mol. The van der Waals surface area contributed by atoms with E-state index in [9.17, 15) is 0 Å². The minimum Gasteiger partial charge on any atom is -0.379 e. The summed E-state index contributed by atoms with van der Waals surface area (Å²) in [6.45, 7) is 9.15. The zero-order chi connectivity index (χ0) is 9.31. The molecule has 0 aromatic carbocycles. The third-order valence-electron chi connectivity index (χ3n) is 3.90. The zero-order valence-corrected chi connectivity index (χ0v) is 8.88. The van der Waals surface area contributed by atoms with Gasteiger partial charge in [-0.25, -0.2) is 0 Å². The van der Waals surface area contributed by atoms with Gasteiger partial charge in [-0.15, -0.1) is 0 Å². The molecule has 2 rings (SSSR count). The number of hydrogen-bond donors (Lipinski definition) is 0. The molecule has 2 saturated heterocycles. The van der Waals surface area contributed by atoms with E-state index in [0.29, 0.717) is 11.5 Å². The Morgan fingerprint density at radius 3 is 2.46 bits per heavy atom. The minimum atomic E-state index is 0.334. The molecule has 0 N–H and O–H groups in total. The van der Waals surface area contributed by atoms with Crippen molar-refractivity contribution in [2.45, 2.75) is 38.6 Å². The Balaban J connectivity index is 2.03. The third kappa shape index (κ3) is 1.62. The van der Waals surface area contributed by atoms with Gasteiger partial charge in [0.1, 0.15) is 0 Å². The molecule has 76 valence electrons. The molecule has 2 heteroatoms. The maximum atomic E-state index is 5.58. The van der Waals surface area contributed by atoms with E-state index in [1.54, 1.807) is 0 Å². The van der Waals surface area contributed by atoms with Crippen LogP contribution in [0.3, 0.4) is 0 Å².